The Morgan fingerprint density at radius 1 is 1.26 bits per heavy atom. The van der Waals surface area contributed by atoms with Crippen molar-refractivity contribution in [2.24, 2.45) is 0 Å². The molecule has 0 bridgehead atoms. The molecule has 98 valence electrons. The molecule has 0 fully saturated rings. The van der Waals surface area contributed by atoms with Crippen LogP contribution in [0.4, 0.5) is 0 Å². The zero-order chi connectivity index (χ0) is 13.8. The number of hydrogen-bond acceptors (Lipinski definition) is 2. The molecule has 0 radical (unpaired) electrons. The van der Waals surface area contributed by atoms with Crippen LogP contribution in [0, 0.1) is 18.3 Å². The highest BCUT2D eigenvalue weighted by Crippen LogP contribution is 2.31. The number of hydrogen-bond donors (Lipinski definition) is 0. The largest absolute Gasteiger partial charge is 0.270 e. The van der Waals surface area contributed by atoms with Gasteiger partial charge in [0.2, 0.25) is 0 Å². The summed E-state index contributed by atoms with van der Waals surface area (Å²) >= 11 is 0. The van der Waals surface area contributed by atoms with Crippen LogP contribution in [0.1, 0.15) is 48.6 Å². The molecule has 2 rings (SSSR count). The summed E-state index contributed by atoms with van der Waals surface area (Å²) in [6, 6.07) is 10.1. The van der Waals surface area contributed by atoms with E-state index in [-0.39, 0.29) is 5.92 Å². The van der Waals surface area contributed by atoms with Crippen LogP contribution in [-0.2, 0) is 6.54 Å². The molecule has 0 saturated heterocycles. The van der Waals surface area contributed by atoms with E-state index in [0.717, 1.165) is 24.1 Å². The first kappa shape index (κ1) is 13.4. The van der Waals surface area contributed by atoms with E-state index in [0.29, 0.717) is 0 Å². The van der Waals surface area contributed by atoms with Crippen LogP contribution in [0.15, 0.2) is 30.5 Å². The third-order valence-electron chi connectivity index (χ3n) is 3.68. The lowest BCUT2D eigenvalue weighted by Crippen LogP contribution is -2.05. The summed E-state index contributed by atoms with van der Waals surface area (Å²) < 4.78 is 2.01. The van der Waals surface area contributed by atoms with Crippen LogP contribution >= 0.6 is 0 Å². The number of nitrogens with zero attached hydrogens (tertiary/aromatic N) is 3. The van der Waals surface area contributed by atoms with Crippen LogP contribution in [0.3, 0.4) is 0 Å². The standard InChI is InChI=1S/C16H19N3/c1-4-14(15-9-7-6-8-13(15)10-17)16-11-18-19(5-2)12(16)3/h6-9,11,14H,4-5H2,1-3H3/t14-/m1/s1. The summed E-state index contributed by atoms with van der Waals surface area (Å²) in [6.45, 7) is 7.22. The van der Waals surface area contributed by atoms with Gasteiger partial charge < -0.3 is 0 Å². The second kappa shape index (κ2) is 5.71. The van der Waals surface area contributed by atoms with E-state index in [2.05, 4.69) is 38.0 Å². The van der Waals surface area contributed by atoms with Crippen molar-refractivity contribution in [1.29, 1.82) is 5.26 Å². The lowest BCUT2D eigenvalue weighted by Gasteiger charge is -2.16. The maximum absolute atomic E-state index is 9.26. The van der Waals surface area contributed by atoms with Crippen molar-refractivity contribution < 1.29 is 0 Å². The summed E-state index contributed by atoms with van der Waals surface area (Å²) in [7, 11) is 0. The first-order valence-electron chi connectivity index (χ1n) is 6.74. The van der Waals surface area contributed by atoms with Gasteiger partial charge in [-0.1, -0.05) is 25.1 Å². The van der Waals surface area contributed by atoms with Crippen LogP contribution in [0.5, 0.6) is 0 Å². The molecule has 0 saturated carbocycles. The van der Waals surface area contributed by atoms with Crippen molar-refractivity contribution in [3.05, 3.63) is 52.8 Å². The predicted octanol–water partition coefficient (Wildman–Crippen LogP) is 3.63. The van der Waals surface area contributed by atoms with E-state index in [1.54, 1.807) is 0 Å². The first-order chi connectivity index (χ1) is 9.22. The summed E-state index contributed by atoms with van der Waals surface area (Å²) in [5.41, 5.74) is 4.29. The minimum atomic E-state index is 0.246. The van der Waals surface area contributed by atoms with Gasteiger partial charge in [-0.25, -0.2) is 0 Å². The lowest BCUT2D eigenvalue weighted by atomic mass is 9.87. The van der Waals surface area contributed by atoms with Crippen molar-refractivity contribution in [2.75, 3.05) is 0 Å². The Labute approximate surface area is 114 Å². The highest BCUT2D eigenvalue weighted by Gasteiger charge is 2.19. The molecule has 1 aromatic carbocycles. The number of aromatic nitrogens is 2. The highest BCUT2D eigenvalue weighted by atomic mass is 15.3. The van der Waals surface area contributed by atoms with E-state index >= 15 is 0 Å². The number of benzene rings is 1. The molecule has 1 heterocycles. The van der Waals surface area contributed by atoms with Gasteiger partial charge in [-0.2, -0.15) is 10.4 Å². The van der Waals surface area contributed by atoms with Crippen molar-refractivity contribution >= 4 is 0 Å². The van der Waals surface area contributed by atoms with Gasteiger partial charge >= 0.3 is 0 Å². The summed E-state index contributed by atoms with van der Waals surface area (Å²) in [5, 5.41) is 13.7. The van der Waals surface area contributed by atoms with Gasteiger partial charge in [-0.3, -0.25) is 4.68 Å². The fourth-order valence-electron chi connectivity index (χ4n) is 2.63. The zero-order valence-electron chi connectivity index (χ0n) is 11.7. The molecular formula is C16H19N3. The molecule has 0 aliphatic heterocycles. The molecule has 19 heavy (non-hydrogen) atoms. The van der Waals surface area contributed by atoms with Crippen LogP contribution < -0.4 is 0 Å². The van der Waals surface area contributed by atoms with Crippen LogP contribution in [-0.4, -0.2) is 9.78 Å². The molecule has 1 atom stereocenters. The smallest absolute Gasteiger partial charge is 0.0994 e. The Bertz CT molecular complexity index is 605. The minimum Gasteiger partial charge on any atom is -0.270 e. The molecule has 3 nitrogen and oxygen atoms in total. The lowest BCUT2D eigenvalue weighted by molar-refractivity contribution is 0.635. The maximum atomic E-state index is 9.26. The van der Waals surface area contributed by atoms with E-state index in [1.807, 2.05) is 29.1 Å². The molecule has 0 unspecified atom stereocenters. The van der Waals surface area contributed by atoms with E-state index in [4.69, 9.17) is 0 Å². The van der Waals surface area contributed by atoms with E-state index in [9.17, 15) is 5.26 Å². The molecule has 0 amide bonds. The number of nitriles is 1. The first-order valence-corrected chi connectivity index (χ1v) is 6.74. The molecular weight excluding hydrogens is 234 g/mol. The molecule has 0 aliphatic rings. The average molecular weight is 253 g/mol. The Morgan fingerprint density at radius 3 is 2.58 bits per heavy atom. The second-order valence-corrected chi connectivity index (χ2v) is 4.66. The van der Waals surface area contributed by atoms with Crippen molar-refractivity contribution in [2.45, 2.75) is 39.7 Å². The van der Waals surface area contributed by atoms with E-state index in [1.165, 1.54) is 11.3 Å². The quantitative estimate of drug-likeness (QED) is 0.835. The number of rotatable bonds is 4. The van der Waals surface area contributed by atoms with E-state index < -0.39 is 0 Å². The van der Waals surface area contributed by atoms with Crippen molar-refractivity contribution in [1.82, 2.24) is 9.78 Å². The average Bonchev–Trinajstić information content (AvgIpc) is 2.82. The van der Waals surface area contributed by atoms with Gasteiger partial charge in [0.25, 0.3) is 0 Å². The van der Waals surface area contributed by atoms with Crippen LogP contribution in [0.25, 0.3) is 0 Å². The van der Waals surface area contributed by atoms with Gasteiger partial charge in [-0.15, -0.1) is 0 Å². The normalized spacial score (nSPS) is 12.1. The Balaban J connectivity index is 2.51. The second-order valence-electron chi connectivity index (χ2n) is 4.66. The third-order valence-corrected chi connectivity index (χ3v) is 3.68. The van der Waals surface area contributed by atoms with Crippen molar-refractivity contribution in [3.8, 4) is 6.07 Å². The third kappa shape index (κ3) is 2.39. The van der Waals surface area contributed by atoms with Gasteiger partial charge in [0.1, 0.15) is 0 Å². The van der Waals surface area contributed by atoms with Gasteiger partial charge in [-0.05, 0) is 31.9 Å². The molecule has 0 aliphatic carbocycles. The Kier molecular flexibility index (Phi) is 4.01. The number of aryl methyl sites for hydroxylation is 1. The predicted molar refractivity (Wildman–Crippen MR) is 75.9 cm³/mol. The molecule has 0 N–H and O–H groups in total. The fraction of sp³-hybridized carbons (Fsp3) is 0.375. The molecule has 3 heteroatoms. The molecule has 1 aromatic heterocycles. The Morgan fingerprint density at radius 2 is 2.00 bits per heavy atom. The highest BCUT2D eigenvalue weighted by molar-refractivity contribution is 5.44. The Hall–Kier alpha value is -2.08. The van der Waals surface area contributed by atoms with Crippen molar-refractivity contribution in [3.63, 3.8) is 0 Å². The summed E-state index contributed by atoms with van der Waals surface area (Å²) in [4.78, 5) is 0. The summed E-state index contributed by atoms with van der Waals surface area (Å²) in [6.07, 6.45) is 2.91. The molecule has 0 spiro atoms. The summed E-state index contributed by atoms with van der Waals surface area (Å²) in [5.74, 6) is 0.246. The fourth-order valence-corrected chi connectivity index (χ4v) is 2.63. The minimum absolute atomic E-state index is 0.246. The topological polar surface area (TPSA) is 41.6 Å². The van der Waals surface area contributed by atoms with Gasteiger partial charge in [0.15, 0.2) is 0 Å². The van der Waals surface area contributed by atoms with Crippen LogP contribution in [0.2, 0.25) is 0 Å². The van der Waals surface area contributed by atoms with Gasteiger partial charge in [0, 0.05) is 23.7 Å². The van der Waals surface area contributed by atoms with Gasteiger partial charge in [0.05, 0.1) is 17.8 Å². The SMILES string of the molecule is CC[C@H](c1ccccc1C#N)c1cnn(CC)c1C. The monoisotopic (exact) mass is 253 g/mol. The zero-order valence-corrected chi connectivity index (χ0v) is 11.7. The molecule has 2 aromatic rings. The maximum Gasteiger partial charge on any atom is 0.0994 e.